The molecule has 3 rings (SSSR count). The van der Waals surface area contributed by atoms with Crippen LogP contribution in [-0.4, -0.2) is 73.0 Å². The molecule has 29 heavy (non-hydrogen) atoms. The van der Waals surface area contributed by atoms with Gasteiger partial charge in [0.15, 0.2) is 6.29 Å². The van der Waals surface area contributed by atoms with Gasteiger partial charge < -0.3 is 23.7 Å². The summed E-state index contributed by atoms with van der Waals surface area (Å²) >= 11 is 0. The number of ether oxygens (including phenoxy) is 5. The molecule has 1 aliphatic carbocycles. The third-order valence-electron chi connectivity index (χ3n) is 6.19. The van der Waals surface area contributed by atoms with E-state index in [1.54, 1.807) is 18.7 Å². The first-order chi connectivity index (χ1) is 13.5. The van der Waals surface area contributed by atoms with Crippen molar-refractivity contribution in [3.05, 3.63) is 0 Å². The minimum atomic E-state index is -1.20. The molecule has 2 aliphatic heterocycles. The summed E-state index contributed by atoms with van der Waals surface area (Å²) in [7, 11) is 3.04. The van der Waals surface area contributed by atoms with Crippen molar-refractivity contribution < 1.29 is 33.3 Å². The first kappa shape index (κ1) is 22.0. The largest absolute Gasteiger partial charge is 0.444 e. The van der Waals surface area contributed by atoms with Gasteiger partial charge in [-0.3, -0.25) is 9.69 Å². The van der Waals surface area contributed by atoms with Crippen LogP contribution in [0.15, 0.2) is 0 Å². The number of methoxy groups -OCH3 is 2. The molecule has 0 bridgehead atoms. The molecule has 0 aromatic heterocycles. The van der Waals surface area contributed by atoms with Crippen LogP contribution in [0.3, 0.4) is 0 Å². The van der Waals surface area contributed by atoms with Crippen LogP contribution in [0.2, 0.25) is 0 Å². The zero-order chi connectivity index (χ0) is 21.7. The van der Waals surface area contributed by atoms with E-state index in [2.05, 4.69) is 11.8 Å². The van der Waals surface area contributed by atoms with Crippen LogP contribution >= 0.6 is 0 Å². The van der Waals surface area contributed by atoms with Crippen LogP contribution in [0.4, 0.5) is 4.79 Å². The molecule has 2 heterocycles. The Hall–Kier alpha value is -1.66. The number of amides is 1. The molecule has 1 spiro atoms. The van der Waals surface area contributed by atoms with Gasteiger partial charge in [0.25, 0.3) is 0 Å². The molecule has 2 saturated heterocycles. The third-order valence-corrected chi connectivity index (χ3v) is 6.19. The Bertz CT molecular complexity index is 732. The number of nitrogens with zero attached hydrogens (tertiary/aromatic N) is 1. The van der Waals surface area contributed by atoms with Crippen molar-refractivity contribution in [2.75, 3.05) is 20.8 Å². The fraction of sp³-hybridized carbons (Fsp3) is 0.810. The molecule has 3 fully saturated rings. The topological polar surface area (TPSA) is 83.5 Å². The lowest BCUT2D eigenvalue weighted by Gasteiger charge is -2.57. The Balaban J connectivity index is 2.00. The predicted octanol–water partition coefficient (Wildman–Crippen LogP) is 2.10. The molecule has 8 heteroatoms. The Kier molecular flexibility index (Phi) is 5.50. The molecule has 8 nitrogen and oxygen atoms in total. The summed E-state index contributed by atoms with van der Waals surface area (Å²) in [5.41, 5.74) is -1.17. The molecule has 0 aromatic carbocycles. The SMILES string of the molecule is CO[C@@]1(C)O[C@@H]2[C@@H](C#CC=O)C3(CC3)N(C(=O)OC(C)(C)C)C[C@H]2O[C@]1(C)OC. The second-order valence-electron chi connectivity index (χ2n) is 9.12. The van der Waals surface area contributed by atoms with Crippen molar-refractivity contribution in [1.29, 1.82) is 0 Å². The summed E-state index contributed by atoms with van der Waals surface area (Å²) in [6.45, 7) is 9.24. The van der Waals surface area contributed by atoms with E-state index >= 15 is 0 Å². The zero-order valence-corrected chi connectivity index (χ0v) is 18.2. The molecule has 1 saturated carbocycles. The summed E-state index contributed by atoms with van der Waals surface area (Å²) < 4.78 is 29.5. The molecular formula is C21H31NO7. The number of fused-ring (bicyclic) bond motifs is 1. The van der Waals surface area contributed by atoms with Crippen molar-refractivity contribution in [1.82, 2.24) is 4.90 Å². The quantitative estimate of drug-likeness (QED) is 0.510. The van der Waals surface area contributed by atoms with Crippen LogP contribution in [0.1, 0.15) is 47.5 Å². The fourth-order valence-corrected chi connectivity index (χ4v) is 4.25. The lowest BCUT2D eigenvalue weighted by atomic mass is 9.81. The Morgan fingerprint density at radius 3 is 2.21 bits per heavy atom. The molecule has 0 N–H and O–H groups in total. The number of carbonyl (C=O) groups excluding carboxylic acids is 2. The van der Waals surface area contributed by atoms with Crippen LogP contribution in [0.5, 0.6) is 0 Å². The van der Waals surface area contributed by atoms with Gasteiger partial charge in [0, 0.05) is 14.2 Å². The van der Waals surface area contributed by atoms with E-state index < -0.39 is 46.9 Å². The second kappa shape index (κ2) is 7.24. The average molecular weight is 409 g/mol. The molecule has 5 atom stereocenters. The molecule has 0 aromatic rings. The standard InChI is InChI=1S/C21H31NO7/c1-18(2,3)29-17(24)22-13-15-16(14(9-8-12-23)21(22)10-11-21)28-20(5,26-7)19(4,25-6)27-15/h12,14-16H,10-11,13H2,1-7H3/t14-,15-,16-,19+,20+/m1/s1. The molecule has 0 unspecified atom stereocenters. The first-order valence-electron chi connectivity index (χ1n) is 9.86. The molecular weight excluding hydrogens is 378 g/mol. The number of carbonyl (C=O) groups is 2. The van der Waals surface area contributed by atoms with Crippen molar-refractivity contribution in [3.63, 3.8) is 0 Å². The monoisotopic (exact) mass is 409 g/mol. The highest BCUT2D eigenvalue weighted by Gasteiger charge is 2.68. The summed E-state index contributed by atoms with van der Waals surface area (Å²) in [4.78, 5) is 25.7. The lowest BCUT2D eigenvalue weighted by molar-refractivity contribution is -0.456. The minimum Gasteiger partial charge on any atom is -0.444 e. The van der Waals surface area contributed by atoms with Gasteiger partial charge >= 0.3 is 6.09 Å². The van der Waals surface area contributed by atoms with Crippen molar-refractivity contribution in [2.24, 2.45) is 5.92 Å². The van der Waals surface area contributed by atoms with E-state index in [-0.39, 0.29) is 6.54 Å². The van der Waals surface area contributed by atoms with Gasteiger partial charge in [-0.1, -0.05) is 5.92 Å². The van der Waals surface area contributed by atoms with Gasteiger partial charge in [-0.25, -0.2) is 4.79 Å². The van der Waals surface area contributed by atoms with E-state index in [0.717, 1.165) is 12.8 Å². The van der Waals surface area contributed by atoms with Gasteiger partial charge in [-0.2, -0.15) is 0 Å². The van der Waals surface area contributed by atoms with Crippen molar-refractivity contribution in [2.45, 2.75) is 82.4 Å². The van der Waals surface area contributed by atoms with Crippen LogP contribution in [0.25, 0.3) is 0 Å². The van der Waals surface area contributed by atoms with E-state index in [4.69, 9.17) is 23.7 Å². The number of likely N-dealkylation sites (tertiary alicyclic amines) is 1. The number of piperidine rings is 1. The number of hydrogen-bond donors (Lipinski definition) is 0. The van der Waals surface area contributed by atoms with Gasteiger partial charge in [0.1, 0.15) is 17.8 Å². The summed E-state index contributed by atoms with van der Waals surface area (Å²) in [6.07, 6.45) is 0.624. The summed E-state index contributed by atoms with van der Waals surface area (Å²) in [5, 5.41) is 0. The Labute approximate surface area is 172 Å². The molecule has 0 radical (unpaired) electrons. The lowest BCUT2D eigenvalue weighted by Crippen LogP contribution is -2.72. The van der Waals surface area contributed by atoms with Gasteiger partial charge in [0.05, 0.1) is 18.0 Å². The van der Waals surface area contributed by atoms with Crippen molar-refractivity contribution >= 4 is 12.4 Å². The van der Waals surface area contributed by atoms with Gasteiger partial charge in [0.2, 0.25) is 11.6 Å². The van der Waals surface area contributed by atoms with E-state index in [0.29, 0.717) is 6.29 Å². The second-order valence-corrected chi connectivity index (χ2v) is 9.12. The molecule has 3 aliphatic rings. The number of aldehydes is 1. The van der Waals surface area contributed by atoms with Crippen molar-refractivity contribution in [3.8, 4) is 11.8 Å². The highest BCUT2D eigenvalue weighted by molar-refractivity contribution is 5.73. The predicted molar refractivity (Wildman–Crippen MR) is 103 cm³/mol. The maximum Gasteiger partial charge on any atom is 0.410 e. The highest BCUT2D eigenvalue weighted by atomic mass is 16.8. The fourth-order valence-electron chi connectivity index (χ4n) is 4.25. The maximum atomic E-state index is 13.0. The minimum absolute atomic E-state index is 0.275. The Morgan fingerprint density at radius 1 is 1.14 bits per heavy atom. The van der Waals surface area contributed by atoms with Crippen LogP contribution in [-0.2, 0) is 28.5 Å². The first-order valence-corrected chi connectivity index (χ1v) is 9.86. The Morgan fingerprint density at radius 2 is 1.72 bits per heavy atom. The van der Waals surface area contributed by atoms with Gasteiger partial charge in [-0.05, 0) is 53.4 Å². The average Bonchev–Trinajstić information content (AvgIpc) is 3.42. The van der Waals surface area contributed by atoms with Crippen LogP contribution in [0, 0.1) is 17.8 Å². The third kappa shape index (κ3) is 3.66. The van der Waals surface area contributed by atoms with E-state index in [9.17, 15) is 9.59 Å². The zero-order valence-electron chi connectivity index (χ0n) is 18.2. The number of hydrogen-bond acceptors (Lipinski definition) is 7. The summed E-state index contributed by atoms with van der Waals surface area (Å²) in [5.74, 6) is 2.72. The van der Waals surface area contributed by atoms with E-state index in [1.165, 1.54) is 14.2 Å². The number of rotatable bonds is 2. The molecule has 1 amide bonds. The molecule has 162 valence electrons. The summed E-state index contributed by atoms with van der Waals surface area (Å²) in [6, 6.07) is 0. The van der Waals surface area contributed by atoms with E-state index in [1.807, 2.05) is 20.8 Å². The van der Waals surface area contributed by atoms with Crippen LogP contribution < -0.4 is 0 Å². The van der Waals surface area contributed by atoms with Gasteiger partial charge in [-0.15, -0.1) is 0 Å². The highest BCUT2D eigenvalue weighted by Crippen LogP contribution is 2.56. The smallest absolute Gasteiger partial charge is 0.410 e. The normalized spacial score (nSPS) is 37.9. The maximum absolute atomic E-state index is 13.0.